The fourth-order valence-electron chi connectivity index (χ4n) is 4.75. The summed E-state index contributed by atoms with van der Waals surface area (Å²) in [5.41, 5.74) is 4.60. The van der Waals surface area contributed by atoms with Gasteiger partial charge in [0.1, 0.15) is 5.82 Å². The van der Waals surface area contributed by atoms with Crippen LogP contribution in [0.1, 0.15) is 55.6 Å². The molecule has 6 nitrogen and oxygen atoms in total. The zero-order valence-corrected chi connectivity index (χ0v) is 21.6. The average Bonchev–Trinajstić information content (AvgIpc) is 2.84. The smallest absolute Gasteiger partial charge is 0.240 e. The van der Waals surface area contributed by atoms with Crippen LogP contribution < -0.4 is 10.0 Å². The number of rotatable bonds is 7. The van der Waals surface area contributed by atoms with E-state index in [1.807, 2.05) is 45.0 Å². The van der Waals surface area contributed by atoms with Gasteiger partial charge in [0, 0.05) is 23.3 Å². The van der Waals surface area contributed by atoms with Gasteiger partial charge in [-0.05, 0) is 99.5 Å². The highest BCUT2D eigenvalue weighted by Crippen LogP contribution is 2.28. The Kier molecular flexibility index (Phi) is 7.85. The minimum absolute atomic E-state index is 0.0506. The van der Waals surface area contributed by atoms with Crippen LogP contribution in [0.25, 0.3) is 11.1 Å². The molecule has 0 aliphatic heterocycles. The van der Waals surface area contributed by atoms with E-state index in [0.717, 1.165) is 28.1 Å². The first-order valence-electron chi connectivity index (χ1n) is 12.2. The molecule has 1 aliphatic rings. The second kappa shape index (κ2) is 10.9. The Balaban J connectivity index is 1.31. The summed E-state index contributed by atoms with van der Waals surface area (Å²) in [6, 6.07) is 16.5. The number of hydrogen-bond acceptors (Lipinski definition) is 4. The SMILES string of the molecule is Cc1cc(-c2ccc(S(=O)(=O)NC3CCC(C(=O)N[C@H](C)c4ccc(F)cc4)CC3)cc2)cc(C)n1. The number of benzene rings is 2. The van der Waals surface area contributed by atoms with Crippen molar-refractivity contribution in [1.29, 1.82) is 0 Å². The molecule has 2 aromatic carbocycles. The molecule has 0 saturated heterocycles. The van der Waals surface area contributed by atoms with Gasteiger partial charge in [-0.3, -0.25) is 9.78 Å². The molecule has 1 saturated carbocycles. The van der Waals surface area contributed by atoms with Gasteiger partial charge >= 0.3 is 0 Å². The number of carbonyl (C=O) groups excluding carboxylic acids is 1. The lowest BCUT2D eigenvalue weighted by atomic mass is 9.85. The second-order valence-corrected chi connectivity index (χ2v) is 11.3. The summed E-state index contributed by atoms with van der Waals surface area (Å²) < 4.78 is 41.9. The molecule has 1 aromatic heterocycles. The molecule has 1 fully saturated rings. The third kappa shape index (κ3) is 6.36. The first-order valence-corrected chi connectivity index (χ1v) is 13.7. The van der Waals surface area contributed by atoms with Gasteiger partial charge in [0.15, 0.2) is 0 Å². The fraction of sp³-hybridized carbons (Fsp3) is 0.357. The summed E-state index contributed by atoms with van der Waals surface area (Å²) in [5, 5.41) is 3.00. The number of nitrogens with one attached hydrogen (secondary N) is 2. The van der Waals surface area contributed by atoms with Crippen LogP contribution >= 0.6 is 0 Å². The van der Waals surface area contributed by atoms with Gasteiger partial charge in [-0.2, -0.15) is 0 Å². The van der Waals surface area contributed by atoms with Crippen LogP contribution in [0, 0.1) is 25.6 Å². The van der Waals surface area contributed by atoms with E-state index in [-0.39, 0.29) is 34.6 Å². The molecule has 0 unspecified atom stereocenters. The maximum Gasteiger partial charge on any atom is 0.240 e. The van der Waals surface area contributed by atoms with Crippen molar-refractivity contribution in [3.8, 4) is 11.1 Å². The minimum Gasteiger partial charge on any atom is -0.349 e. The number of aryl methyl sites for hydroxylation is 2. The molecule has 36 heavy (non-hydrogen) atoms. The standard InChI is InChI=1S/C28H32FN3O3S/c1-18-16-24(17-19(2)30-18)22-8-14-27(15-9-22)36(34,35)32-26-12-6-23(7-13-26)28(33)31-20(3)21-4-10-25(29)11-5-21/h4-5,8-11,14-17,20,23,26,32H,6-7,12-13H2,1-3H3,(H,31,33)/t20-,23?,26?/m1/s1. The highest BCUT2D eigenvalue weighted by Gasteiger charge is 2.29. The highest BCUT2D eigenvalue weighted by molar-refractivity contribution is 7.89. The van der Waals surface area contributed by atoms with E-state index in [9.17, 15) is 17.6 Å². The molecule has 3 aromatic rings. The Bertz CT molecular complexity index is 1300. The number of hydrogen-bond donors (Lipinski definition) is 2. The first-order chi connectivity index (χ1) is 17.1. The van der Waals surface area contributed by atoms with Crippen LogP contribution in [0.2, 0.25) is 0 Å². The van der Waals surface area contributed by atoms with Crippen molar-refractivity contribution in [3.63, 3.8) is 0 Å². The van der Waals surface area contributed by atoms with Crippen LogP contribution in [0.3, 0.4) is 0 Å². The normalized spacial score (nSPS) is 19.0. The molecule has 1 heterocycles. The van der Waals surface area contributed by atoms with Crippen LogP contribution in [-0.2, 0) is 14.8 Å². The topological polar surface area (TPSA) is 88.2 Å². The van der Waals surface area contributed by atoms with E-state index in [0.29, 0.717) is 25.7 Å². The highest BCUT2D eigenvalue weighted by atomic mass is 32.2. The van der Waals surface area contributed by atoms with E-state index in [1.165, 1.54) is 12.1 Å². The van der Waals surface area contributed by atoms with E-state index >= 15 is 0 Å². The molecule has 0 radical (unpaired) electrons. The second-order valence-electron chi connectivity index (χ2n) is 9.61. The molecule has 1 aliphatic carbocycles. The van der Waals surface area contributed by atoms with Crippen LogP contribution in [0.5, 0.6) is 0 Å². The third-order valence-corrected chi connectivity index (χ3v) is 8.26. The minimum atomic E-state index is -3.67. The zero-order valence-electron chi connectivity index (χ0n) is 20.8. The number of sulfonamides is 1. The number of amides is 1. The average molecular weight is 510 g/mol. The van der Waals surface area contributed by atoms with Gasteiger partial charge in [0.25, 0.3) is 0 Å². The summed E-state index contributed by atoms with van der Waals surface area (Å²) in [4.78, 5) is 17.3. The summed E-state index contributed by atoms with van der Waals surface area (Å²) >= 11 is 0. The Labute approximate surface area is 212 Å². The Hall–Kier alpha value is -3.10. The largest absolute Gasteiger partial charge is 0.349 e. The fourth-order valence-corrected chi connectivity index (χ4v) is 6.06. The van der Waals surface area contributed by atoms with E-state index in [1.54, 1.807) is 24.3 Å². The van der Waals surface area contributed by atoms with Crippen molar-refractivity contribution in [2.75, 3.05) is 0 Å². The monoisotopic (exact) mass is 509 g/mol. The molecule has 190 valence electrons. The molecule has 1 amide bonds. The summed E-state index contributed by atoms with van der Waals surface area (Å²) in [5.74, 6) is -0.529. The Morgan fingerprint density at radius 1 is 0.917 bits per heavy atom. The van der Waals surface area contributed by atoms with Gasteiger partial charge < -0.3 is 5.32 Å². The lowest BCUT2D eigenvalue weighted by Crippen LogP contribution is -2.41. The molecule has 8 heteroatoms. The zero-order chi connectivity index (χ0) is 25.9. The molecular formula is C28H32FN3O3S. The predicted molar refractivity (Wildman–Crippen MR) is 138 cm³/mol. The molecule has 1 atom stereocenters. The lowest BCUT2D eigenvalue weighted by molar-refractivity contribution is -0.126. The van der Waals surface area contributed by atoms with Gasteiger partial charge in [-0.25, -0.2) is 17.5 Å². The van der Waals surface area contributed by atoms with Crippen LogP contribution in [0.4, 0.5) is 4.39 Å². The number of halogens is 1. The van der Waals surface area contributed by atoms with Crippen molar-refractivity contribution in [3.05, 3.63) is 83.4 Å². The predicted octanol–water partition coefficient (Wildman–Crippen LogP) is 5.22. The van der Waals surface area contributed by atoms with E-state index < -0.39 is 10.0 Å². The Morgan fingerprint density at radius 3 is 2.08 bits per heavy atom. The van der Waals surface area contributed by atoms with Crippen molar-refractivity contribution >= 4 is 15.9 Å². The van der Waals surface area contributed by atoms with Crippen molar-refractivity contribution in [1.82, 2.24) is 15.0 Å². The molecule has 0 spiro atoms. The Morgan fingerprint density at radius 2 is 1.50 bits per heavy atom. The van der Waals surface area contributed by atoms with Crippen molar-refractivity contribution in [2.45, 2.75) is 63.4 Å². The number of pyridine rings is 1. The first kappa shape index (κ1) is 26.0. The number of nitrogens with zero attached hydrogens (tertiary/aromatic N) is 1. The quantitative estimate of drug-likeness (QED) is 0.457. The maximum atomic E-state index is 13.1. The summed E-state index contributed by atoms with van der Waals surface area (Å²) in [7, 11) is -3.67. The van der Waals surface area contributed by atoms with Gasteiger partial charge in [0.05, 0.1) is 10.9 Å². The van der Waals surface area contributed by atoms with Crippen molar-refractivity contribution in [2.24, 2.45) is 5.92 Å². The number of carbonyl (C=O) groups is 1. The lowest BCUT2D eigenvalue weighted by Gasteiger charge is -2.29. The van der Waals surface area contributed by atoms with Gasteiger partial charge in [-0.1, -0.05) is 24.3 Å². The van der Waals surface area contributed by atoms with E-state index in [4.69, 9.17) is 0 Å². The molecule has 4 rings (SSSR count). The molecular weight excluding hydrogens is 477 g/mol. The maximum absolute atomic E-state index is 13.1. The summed E-state index contributed by atoms with van der Waals surface area (Å²) in [6.45, 7) is 5.74. The molecule has 2 N–H and O–H groups in total. The van der Waals surface area contributed by atoms with Crippen molar-refractivity contribution < 1.29 is 17.6 Å². The van der Waals surface area contributed by atoms with Gasteiger partial charge in [-0.15, -0.1) is 0 Å². The van der Waals surface area contributed by atoms with Crippen LogP contribution in [0.15, 0.2) is 65.6 Å². The van der Waals surface area contributed by atoms with Gasteiger partial charge in [0.2, 0.25) is 15.9 Å². The van der Waals surface area contributed by atoms with E-state index in [2.05, 4.69) is 15.0 Å². The molecule has 0 bridgehead atoms. The third-order valence-electron chi connectivity index (χ3n) is 6.73. The summed E-state index contributed by atoms with van der Waals surface area (Å²) in [6.07, 6.45) is 2.40. The van der Waals surface area contributed by atoms with Crippen LogP contribution in [-0.4, -0.2) is 25.4 Å². The number of aromatic nitrogens is 1.